The van der Waals surface area contributed by atoms with Crippen LogP contribution in [-0.2, 0) is 0 Å². The molecule has 4 heteroatoms. The lowest BCUT2D eigenvalue weighted by Crippen LogP contribution is -2.56. The molecule has 2 nitrogen and oxygen atoms in total. The molecule has 2 aromatic heterocycles. The van der Waals surface area contributed by atoms with Gasteiger partial charge >= 0.3 is 0 Å². The van der Waals surface area contributed by atoms with Gasteiger partial charge in [0.25, 0.3) is 0 Å². The summed E-state index contributed by atoms with van der Waals surface area (Å²) in [4.78, 5) is 2.67. The summed E-state index contributed by atoms with van der Waals surface area (Å²) in [6.45, 7) is 6.96. The molecule has 0 unspecified atom stereocenters. The second-order valence-electron chi connectivity index (χ2n) is 13.5. The van der Waals surface area contributed by atoms with Crippen LogP contribution >= 0.6 is 11.8 Å². The van der Waals surface area contributed by atoms with Crippen LogP contribution in [-0.4, -0.2) is 15.8 Å². The summed E-state index contributed by atoms with van der Waals surface area (Å²) in [6, 6.07) is 54.1. The highest BCUT2D eigenvalue weighted by molar-refractivity contribution is 8.00. The number of aryl methyl sites for hydroxylation is 3. The molecule has 232 valence electrons. The van der Waals surface area contributed by atoms with Crippen molar-refractivity contribution in [2.75, 3.05) is 0 Å². The molecule has 0 saturated carbocycles. The fourth-order valence-electron chi connectivity index (χ4n) is 8.61. The third-order valence-electron chi connectivity index (χ3n) is 10.5. The largest absolute Gasteiger partial charge is 0.309 e. The van der Waals surface area contributed by atoms with Gasteiger partial charge in [0.15, 0.2) is 0 Å². The third-order valence-corrected chi connectivity index (χ3v) is 11.7. The minimum Gasteiger partial charge on any atom is -0.309 e. The minimum atomic E-state index is 0.198. The first kappa shape index (κ1) is 28.6. The summed E-state index contributed by atoms with van der Waals surface area (Å²) in [5, 5.41) is 5.07. The molecule has 0 fully saturated rings. The van der Waals surface area contributed by atoms with E-state index in [1.54, 1.807) is 0 Å². The number of aromatic nitrogens is 2. The number of hydrogen-bond acceptors (Lipinski definition) is 1. The second-order valence-corrected chi connectivity index (χ2v) is 14.6. The van der Waals surface area contributed by atoms with Crippen LogP contribution < -0.4 is 16.4 Å². The predicted molar refractivity (Wildman–Crippen MR) is 211 cm³/mol. The van der Waals surface area contributed by atoms with Crippen LogP contribution in [0.2, 0.25) is 0 Å². The quantitative estimate of drug-likeness (QED) is 0.174. The van der Waals surface area contributed by atoms with Crippen LogP contribution in [0.1, 0.15) is 16.7 Å². The van der Waals surface area contributed by atoms with E-state index in [1.165, 1.54) is 97.9 Å². The molecule has 7 aromatic carbocycles. The second kappa shape index (κ2) is 10.8. The van der Waals surface area contributed by atoms with Gasteiger partial charge in [-0.25, -0.2) is 0 Å². The van der Waals surface area contributed by atoms with Crippen molar-refractivity contribution in [1.29, 1.82) is 0 Å². The molecule has 49 heavy (non-hydrogen) atoms. The van der Waals surface area contributed by atoms with Gasteiger partial charge in [-0.15, -0.1) is 0 Å². The average molecular weight is 645 g/mol. The standard InChI is InChI=1S/C45H33BN2S/c1-28-23-29(2)45(30(3)24-28)46-37-17-9-12-20-43(37)49-44-25-32(21-22-38(44)46)48-40-19-11-8-16-34(40)36-26-41-35(27-42(36)48)33-15-7-10-18-39(33)47(41)31-13-5-4-6-14-31/h4-27H,1-3H3. The van der Waals surface area contributed by atoms with Gasteiger partial charge in [-0.1, -0.05) is 136 Å². The molecule has 0 amide bonds. The molecule has 0 atom stereocenters. The Morgan fingerprint density at radius 3 is 1.65 bits per heavy atom. The zero-order chi connectivity index (χ0) is 32.8. The highest BCUT2D eigenvalue weighted by atomic mass is 32.2. The molecule has 1 aliphatic rings. The third kappa shape index (κ3) is 4.24. The summed E-state index contributed by atoms with van der Waals surface area (Å²) < 4.78 is 4.90. The molecule has 0 saturated heterocycles. The molecule has 0 aliphatic carbocycles. The monoisotopic (exact) mass is 644 g/mol. The lowest BCUT2D eigenvalue weighted by Gasteiger charge is -2.29. The SMILES string of the molecule is Cc1cc(C)c(B2c3ccccc3Sc3cc(-n4c5ccccc5c5cc6c(cc54)c4ccccc4n6-c4ccccc4)ccc32)c(C)c1. The van der Waals surface area contributed by atoms with E-state index < -0.39 is 0 Å². The molecule has 0 radical (unpaired) electrons. The smallest absolute Gasteiger partial charge is 0.244 e. The summed E-state index contributed by atoms with van der Waals surface area (Å²) >= 11 is 1.91. The van der Waals surface area contributed by atoms with Gasteiger partial charge in [0, 0.05) is 42.7 Å². The zero-order valence-electron chi connectivity index (χ0n) is 27.7. The van der Waals surface area contributed by atoms with Gasteiger partial charge < -0.3 is 9.13 Å². The first-order valence-electron chi connectivity index (χ1n) is 17.1. The van der Waals surface area contributed by atoms with Crippen LogP contribution in [0.3, 0.4) is 0 Å². The normalized spacial score (nSPS) is 12.7. The van der Waals surface area contributed by atoms with Crippen LogP contribution in [0.25, 0.3) is 55.0 Å². The lowest BCUT2D eigenvalue weighted by atomic mass is 9.35. The van der Waals surface area contributed by atoms with Crippen molar-refractivity contribution in [3.05, 3.63) is 162 Å². The van der Waals surface area contributed by atoms with E-state index in [2.05, 4.69) is 175 Å². The van der Waals surface area contributed by atoms with Crippen molar-refractivity contribution in [3.8, 4) is 11.4 Å². The van der Waals surface area contributed by atoms with E-state index in [0.717, 1.165) is 0 Å². The van der Waals surface area contributed by atoms with E-state index >= 15 is 0 Å². The van der Waals surface area contributed by atoms with Gasteiger partial charge in [-0.05, 0) is 75.4 Å². The first-order valence-corrected chi connectivity index (χ1v) is 17.9. The maximum absolute atomic E-state index is 2.48. The van der Waals surface area contributed by atoms with Crippen LogP contribution in [0.4, 0.5) is 0 Å². The Kier molecular flexibility index (Phi) is 6.28. The van der Waals surface area contributed by atoms with Gasteiger partial charge in [0.05, 0.1) is 22.1 Å². The minimum absolute atomic E-state index is 0.198. The van der Waals surface area contributed by atoms with Gasteiger partial charge in [0.1, 0.15) is 0 Å². The van der Waals surface area contributed by atoms with Crippen molar-refractivity contribution < 1.29 is 0 Å². The number of hydrogen-bond donors (Lipinski definition) is 0. The highest BCUT2D eigenvalue weighted by Crippen LogP contribution is 2.40. The van der Waals surface area contributed by atoms with Gasteiger partial charge in [-0.3, -0.25) is 0 Å². The topological polar surface area (TPSA) is 9.86 Å². The van der Waals surface area contributed by atoms with E-state index in [-0.39, 0.29) is 6.71 Å². The Morgan fingerprint density at radius 2 is 0.980 bits per heavy atom. The summed E-state index contributed by atoms with van der Waals surface area (Å²) in [6.07, 6.45) is 0. The molecule has 3 heterocycles. The van der Waals surface area contributed by atoms with Crippen molar-refractivity contribution in [3.63, 3.8) is 0 Å². The van der Waals surface area contributed by atoms with E-state index in [0.29, 0.717) is 0 Å². The van der Waals surface area contributed by atoms with Gasteiger partial charge in [0.2, 0.25) is 6.71 Å². The first-order chi connectivity index (χ1) is 24.0. The van der Waals surface area contributed by atoms with Crippen LogP contribution in [0.15, 0.2) is 155 Å². The molecular formula is C45H33BN2S. The maximum Gasteiger partial charge on any atom is 0.244 e. The Hall–Kier alpha value is -5.45. The number of rotatable bonds is 3. The Bertz CT molecular complexity index is 2770. The maximum atomic E-state index is 2.48. The molecule has 0 N–H and O–H groups in total. The fourth-order valence-corrected chi connectivity index (χ4v) is 9.78. The average Bonchev–Trinajstić information content (AvgIpc) is 3.62. The molecule has 0 bridgehead atoms. The summed E-state index contributed by atoms with van der Waals surface area (Å²) in [5.74, 6) is 0. The van der Waals surface area contributed by atoms with Crippen molar-refractivity contribution in [1.82, 2.24) is 9.13 Å². The molecule has 1 aliphatic heterocycles. The molecular weight excluding hydrogens is 611 g/mol. The van der Waals surface area contributed by atoms with Crippen LogP contribution in [0, 0.1) is 20.8 Å². The Balaban J connectivity index is 1.24. The van der Waals surface area contributed by atoms with Crippen LogP contribution in [0.5, 0.6) is 0 Å². The predicted octanol–water partition coefficient (Wildman–Crippen LogP) is 9.79. The zero-order valence-corrected chi connectivity index (χ0v) is 28.6. The lowest BCUT2D eigenvalue weighted by molar-refractivity contribution is 1.16. The Morgan fingerprint density at radius 1 is 0.429 bits per heavy atom. The Labute approximate surface area is 290 Å². The van der Waals surface area contributed by atoms with Crippen molar-refractivity contribution in [2.45, 2.75) is 30.6 Å². The van der Waals surface area contributed by atoms with E-state index in [1.807, 2.05) is 11.8 Å². The fraction of sp³-hybridized carbons (Fsp3) is 0.0667. The van der Waals surface area contributed by atoms with E-state index in [9.17, 15) is 0 Å². The molecule has 9 aromatic rings. The number of benzene rings is 7. The number of para-hydroxylation sites is 3. The summed E-state index contributed by atoms with van der Waals surface area (Å²) in [5.41, 5.74) is 15.5. The highest BCUT2D eigenvalue weighted by Gasteiger charge is 2.33. The van der Waals surface area contributed by atoms with Crippen molar-refractivity contribution in [2.24, 2.45) is 0 Å². The molecule has 10 rings (SSSR count). The summed E-state index contributed by atoms with van der Waals surface area (Å²) in [7, 11) is 0. The number of nitrogens with zero attached hydrogens (tertiary/aromatic N) is 2. The van der Waals surface area contributed by atoms with E-state index in [4.69, 9.17) is 0 Å². The van der Waals surface area contributed by atoms with Crippen molar-refractivity contribution >= 4 is 78.5 Å². The number of fused-ring (bicyclic) bond motifs is 8. The van der Waals surface area contributed by atoms with Gasteiger partial charge in [-0.2, -0.15) is 0 Å². The molecule has 0 spiro atoms.